The minimum absolute atomic E-state index is 0.860. The molecule has 0 N–H and O–H groups in total. The van der Waals surface area contributed by atoms with Crippen molar-refractivity contribution in [2.45, 2.75) is 0 Å². The van der Waals surface area contributed by atoms with E-state index in [-0.39, 0.29) is 0 Å². The van der Waals surface area contributed by atoms with Crippen molar-refractivity contribution >= 4 is 17.8 Å². The molecule has 0 aliphatic rings. The van der Waals surface area contributed by atoms with Gasteiger partial charge in [0.1, 0.15) is 5.75 Å². The quantitative estimate of drug-likeness (QED) is 0.837. The van der Waals surface area contributed by atoms with E-state index < -0.39 is 0 Å². The molecule has 0 aliphatic heterocycles. The van der Waals surface area contributed by atoms with Gasteiger partial charge in [-0.1, -0.05) is 6.07 Å². The first kappa shape index (κ1) is 13.1. The van der Waals surface area contributed by atoms with Gasteiger partial charge in [-0.15, -0.1) is 0 Å². The summed E-state index contributed by atoms with van der Waals surface area (Å²) in [7, 11) is 5.71. The third-order valence-corrected chi connectivity index (χ3v) is 2.85. The second-order valence-corrected chi connectivity index (χ2v) is 4.41. The minimum atomic E-state index is 0.860. The van der Waals surface area contributed by atoms with Gasteiger partial charge in [0.05, 0.1) is 12.8 Å². The maximum absolute atomic E-state index is 5.43. The normalized spacial score (nSPS) is 10.7. The molecule has 2 rings (SSSR count). The first-order valence-corrected chi connectivity index (χ1v) is 6.15. The summed E-state index contributed by atoms with van der Waals surface area (Å²) in [6.07, 6.45) is 5.78. The molecule has 3 heteroatoms. The molecule has 0 saturated carbocycles. The van der Waals surface area contributed by atoms with Gasteiger partial charge in [-0.25, -0.2) is 0 Å². The van der Waals surface area contributed by atoms with Crippen LogP contribution in [0.1, 0.15) is 11.3 Å². The molecule has 1 heterocycles. The highest BCUT2D eigenvalue weighted by Gasteiger charge is 2.03. The summed E-state index contributed by atoms with van der Waals surface area (Å²) in [6, 6.07) is 12.0. The Hall–Kier alpha value is -2.29. The summed E-state index contributed by atoms with van der Waals surface area (Å²) in [5.41, 5.74) is 3.09. The van der Waals surface area contributed by atoms with Crippen LogP contribution in [0.2, 0.25) is 0 Å². The Morgan fingerprint density at radius 1 is 1.11 bits per heavy atom. The molecule has 0 saturated heterocycles. The maximum Gasteiger partial charge on any atom is 0.128 e. The number of nitrogens with zero attached hydrogens (tertiary/aromatic N) is 2. The van der Waals surface area contributed by atoms with Gasteiger partial charge < -0.3 is 9.64 Å². The fourth-order valence-electron chi connectivity index (χ4n) is 1.77. The molecule has 1 aromatic carbocycles. The number of hydrogen-bond acceptors (Lipinski definition) is 3. The Bertz CT molecular complexity index is 562. The molecule has 2 aromatic rings. The Balaban J connectivity index is 2.28. The molecule has 0 aliphatic carbocycles. The highest BCUT2D eigenvalue weighted by molar-refractivity contribution is 5.73. The summed E-state index contributed by atoms with van der Waals surface area (Å²) in [5.74, 6) is 0.860. The van der Waals surface area contributed by atoms with Gasteiger partial charge in [0, 0.05) is 37.6 Å². The monoisotopic (exact) mass is 254 g/mol. The summed E-state index contributed by atoms with van der Waals surface area (Å²) in [5, 5.41) is 0. The molecule has 1 aromatic heterocycles. The molecular weight excluding hydrogens is 236 g/mol. The molecule has 0 radical (unpaired) electrons. The standard InChI is InChI=1S/C16H18N2O/c1-18(2)15-10-8-13(16(12-15)19-3)7-9-14-6-4-5-11-17-14/h4-12H,1-3H3/b9-7+. The van der Waals surface area contributed by atoms with Crippen LogP contribution in [-0.2, 0) is 0 Å². The van der Waals surface area contributed by atoms with Crippen LogP contribution in [0.15, 0.2) is 42.6 Å². The predicted molar refractivity (Wildman–Crippen MR) is 80.5 cm³/mol. The average molecular weight is 254 g/mol. The molecule has 0 atom stereocenters. The van der Waals surface area contributed by atoms with E-state index in [4.69, 9.17) is 4.74 Å². The number of pyridine rings is 1. The number of anilines is 1. The Kier molecular flexibility index (Phi) is 4.18. The summed E-state index contributed by atoms with van der Waals surface area (Å²) in [4.78, 5) is 6.31. The van der Waals surface area contributed by atoms with E-state index in [0.717, 1.165) is 22.7 Å². The van der Waals surface area contributed by atoms with Crippen LogP contribution in [0.3, 0.4) is 0 Å². The van der Waals surface area contributed by atoms with Crippen LogP contribution in [0.4, 0.5) is 5.69 Å². The van der Waals surface area contributed by atoms with Crippen molar-refractivity contribution in [1.82, 2.24) is 4.98 Å². The average Bonchev–Trinajstić information content (AvgIpc) is 2.45. The number of aromatic nitrogens is 1. The second kappa shape index (κ2) is 6.05. The van der Waals surface area contributed by atoms with Gasteiger partial charge in [0.25, 0.3) is 0 Å². The van der Waals surface area contributed by atoms with Gasteiger partial charge in [-0.3, -0.25) is 4.98 Å². The van der Waals surface area contributed by atoms with Crippen LogP contribution >= 0.6 is 0 Å². The van der Waals surface area contributed by atoms with Gasteiger partial charge in [-0.2, -0.15) is 0 Å². The minimum Gasteiger partial charge on any atom is -0.496 e. The molecule has 0 amide bonds. The van der Waals surface area contributed by atoms with Crippen LogP contribution < -0.4 is 9.64 Å². The van der Waals surface area contributed by atoms with Crippen LogP contribution in [0.25, 0.3) is 12.2 Å². The predicted octanol–water partition coefficient (Wildman–Crippen LogP) is 3.33. The van der Waals surface area contributed by atoms with E-state index in [2.05, 4.69) is 16.0 Å². The Morgan fingerprint density at radius 3 is 2.58 bits per heavy atom. The van der Waals surface area contributed by atoms with E-state index in [0.29, 0.717) is 0 Å². The second-order valence-electron chi connectivity index (χ2n) is 4.41. The summed E-state index contributed by atoms with van der Waals surface area (Å²) >= 11 is 0. The summed E-state index contributed by atoms with van der Waals surface area (Å²) in [6.45, 7) is 0. The van der Waals surface area contributed by atoms with Crippen molar-refractivity contribution in [3.63, 3.8) is 0 Å². The molecular formula is C16H18N2O. The topological polar surface area (TPSA) is 25.4 Å². The molecule has 3 nitrogen and oxygen atoms in total. The molecule has 19 heavy (non-hydrogen) atoms. The zero-order valence-electron chi connectivity index (χ0n) is 11.5. The fourth-order valence-corrected chi connectivity index (χ4v) is 1.77. The lowest BCUT2D eigenvalue weighted by molar-refractivity contribution is 0.414. The third kappa shape index (κ3) is 3.35. The number of rotatable bonds is 4. The van der Waals surface area contributed by atoms with Crippen molar-refractivity contribution in [3.8, 4) is 5.75 Å². The Morgan fingerprint density at radius 2 is 1.95 bits per heavy atom. The molecule has 0 spiro atoms. The molecule has 98 valence electrons. The number of benzene rings is 1. The van der Waals surface area contributed by atoms with E-state index >= 15 is 0 Å². The lowest BCUT2D eigenvalue weighted by atomic mass is 10.1. The van der Waals surface area contributed by atoms with Crippen LogP contribution in [0.5, 0.6) is 5.75 Å². The number of methoxy groups -OCH3 is 1. The van der Waals surface area contributed by atoms with Crippen molar-refractivity contribution < 1.29 is 4.74 Å². The third-order valence-electron chi connectivity index (χ3n) is 2.85. The maximum atomic E-state index is 5.43. The zero-order chi connectivity index (χ0) is 13.7. The van der Waals surface area contributed by atoms with Gasteiger partial charge in [-0.05, 0) is 36.4 Å². The lowest BCUT2D eigenvalue weighted by Crippen LogP contribution is -2.08. The first-order valence-electron chi connectivity index (χ1n) is 6.15. The van der Waals surface area contributed by atoms with Crippen molar-refractivity contribution in [2.24, 2.45) is 0 Å². The van der Waals surface area contributed by atoms with E-state index in [9.17, 15) is 0 Å². The first-order chi connectivity index (χ1) is 9.20. The van der Waals surface area contributed by atoms with E-state index in [1.807, 2.05) is 56.6 Å². The van der Waals surface area contributed by atoms with Crippen molar-refractivity contribution in [1.29, 1.82) is 0 Å². The zero-order valence-corrected chi connectivity index (χ0v) is 11.5. The lowest BCUT2D eigenvalue weighted by Gasteiger charge is -2.14. The SMILES string of the molecule is COc1cc(N(C)C)ccc1/C=C/c1ccccn1. The van der Waals surface area contributed by atoms with Crippen molar-refractivity contribution in [2.75, 3.05) is 26.1 Å². The smallest absolute Gasteiger partial charge is 0.128 e. The van der Waals surface area contributed by atoms with Gasteiger partial charge in [0.2, 0.25) is 0 Å². The van der Waals surface area contributed by atoms with Crippen LogP contribution in [-0.4, -0.2) is 26.2 Å². The number of hydrogen-bond donors (Lipinski definition) is 0. The van der Waals surface area contributed by atoms with E-state index in [1.54, 1.807) is 13.3 Å². The largest absolute Gasteiger partial charge is 0.496 e. The van der Waals surface area contributed by atoms with Gasteiger partial charge in [0.15, 0.2) is 0 Å². The molecule has 0 unspecified atom stereocenters. The molecule has 0 bridgehead atoms. The van der Waals surface area contributed by atoms with Crippen LogP contribution in [0, 0.1) is 0 Å². The van der Waals surface area contributed by atoms with Gasteiger partial charge >= 0.3 is 0 Å². The fraction of sp³-hybridized carbons (Fsp3) is 0.188. The Labute approximate surface area is 114 Å². The van der Waals surface area contributed by atoms with E-state index in [1.165, 1.54) is 0 Å². The highest BCUT2D eigenvalue weighted by atomic mass is 16.5. The molecule has 0 fully saturated rings. The highest BCUT2D eigenvalue weighted by Crippen LogP contribution is 2.26. The van der Waals surface area contributed by atoms with Crippen molar-refractivity contribution in [3.05, 3.63) is 53.9 Å². The summed E-state index contributed by atoms with van der Waals surface area (Å²) < 4.78 is 5.43. The number of ether oxygens (including phenoxy) is 1.